The molecule has 0 atom stereocenters. The van der Waals surface area contributed by atoms with Crippen LogP contribution in [0.3, 0.4) is 0 Å². The van der Waals surface area contributed by atoms with Crippen LogP contribution in [0.5, 0.6) is 5.75 Å². The number of aromatic carboxylic acids is 1. The summed E-state index contributed by atoms with van der Waals surface area (Å²) in [5.74, 6) is -0.183. The van der Waals surface area contributed by atoms with Crippen molar-refractivity contribution in [2.24, 2.45) is 5.73 Å². The number of ether oxygens (including phenoxy) is 1. The van der Waals surface area contributed by atoms with E-state index in [1.165, 1.54) is 0 Å². The van der Waals surface area contributed by atoms with E-state index in [0.29, 0.717) is 18.7 Å². The molecular formula is C19H19N3O3. The maximum Gasteiger partial charge on any atom is 0.337 e. The molecule has 0 amide bonds. The van der Waals surface area contributed by atoms with Gasteiger partial charge in [-0.2, -0.15) is 0 Å². The zero-order chi connectivity index (χ0) is 17.8. The highest BCUT2D eigenvalue weighted by atomic mass is 16.5. The predicted molar refractivity (Wildman–Crippen MR) is 95.7 cm³/mol. The predicted octanol–water partition coefficient (Wildman–Crippen LogP) is 2.95. The van der Waals surface area contributed by atoms with Gasteiger partial charge < -0.3 is 20.6 Å². The van der Waals surface area contributed by atoms with Crippen molar-refractivity contribution in [3.05, 3.63) is 59.9 Å². The van der Waals surface area contributed by atoms with Crippen LogP contribution in [0.25, 0.3) is 22.5 Å². The number of aromatic nitrogens is 2. The minimum Gasteiger partial charge on any atom is -0.497 e. The Morgan fingerprint density at radius 2 is 1.96 bits per heavy atom. The lowest BCUT2D eigenvalue weighted by atomic mass is 10.1. The molecule has 2 aromatic heterocycles. The smallest absolute Gasteiger partial charge is 0.337 e. The van der Waals surface area contributed by atoms with E-state index in [4.69, 9.17) is 10.5 Å². The van der Waals surface area contributed by atoms with Crippen molar-refractivity contribution in [1.29, 1.82) is 0 Å². The first-order valence-electron chi connectivity index (χ1n) is 7.88. The number of hydrogen-bond acceptors (Lipinski definition) is 4. The molecule has 0 saturated carbocycles. The molecule has 3 aromatic rings. The molecule has 6 nitrogen and oxygen atoms in total. The van der Waals surface area contributed by atoms with Gasteiger partial charge in [-0.05, 0) is 49.0 Å². The fourth-order valence-corrected chi connectivity index (χ4v) is 2.70. The van der Waals surface area contributed by atoms with Crippen molar-refractivity contribution in [2.75, 3.05) is 13.7 Å². The van der Waals surface area contributed by atoms with Gasteiger partial charge in [0.15, 0.2) is 0 Å². The van der Waals surface area contributed by atoms with Gasteiger partial charge in [-0.1, -0.05) is 0 Å². The minimum absolute atomic E-state index is 0.253. The number of aromatic amines is 1. The third kappa shape index (κ3) is 3.54. The topological polar surface area (TPSA) is 101 Å². The maximum atomic E-state index is 11.4. The van der Waals surface area contributed by atoms with Crippen molar-refractivity contribution >= 4 is 5.97 Å². The summed E-state index contributed by atoms with van der Waals surface area (Å²) in [7, 11) is 1.62. The van der Waals surface area contributed by atoms with Gasteiger partial charge in [0.1, 0.15) is 5.75 Å². The fraction of sp³-hybridized carbons (Fsp3) is 0.158. The number of carboxylic acid groups (broad SMARTS) is 1. The molecule has 0 spiro atoms. The summed E-state index contributed by atoms with van der Waals surface area (Å²) in [6, 6.07) is 13.0. The number of methoxy groups -OCH3 is 1. The van der Waals surface area contributed by atoms with Crippen molar-refractivity contribution in [3.8, 4) is 28.3 Å². The summed E-state index contributed by atoms with van der Waals surface area (Å²) in [5, 5.41) is 9.35. The molecule has 0 radical (unpaired) electrons. The molecule has 4 N–H and O–H groups in total. The van der Waals surface area contributed by atoms with Gasteiger partial charge in [-0.25, -0.2) is 4.79 Å². The van der Waals surface area contributed by atoms with Crippen LogP contribution in [0.15, 0.2) is 48.7 Å². The number of H-pyrrole nitrogens is 1. The van der Waals surface area contributed by atoms with Crippen LogP contribution in [0.2, 0.25) is 0 Å². The number of benzene rings is 1. The van der Waals surface area contributed by atoms with Crippen LogP contribution in [0.1, 0.15) is 16.1 Å². The largest absolute Gasteiger partial charge is 0.497 e. The molecule has 0 aliphatic carbocycles. The molecule has 0 saturated heterocycles. The highest BCUT2D eigenvalue weighted by molar-refractivity contribution is 5.91. The first-order valence-corrected chi connectivity index (χ1v) is 7.88. The van der Waals surface area contributed by atoms with E-state index >= 15 is 0 Å². The average molecular weight is 337 g/mol. The molecule has 2 heterocycles. The number of nitrogens with two attached hydrogens (primary N) is 1. The van der Waals surface area contributed by atoms with Crippen molar-refractivity contribution in [1.82, 2.24) is 9.97 Å². The van der Waals surface area contributed by atoms with E-state index in [0.717, 1.165) is 28.3 Å². The Labute approximate surface area is 145 Å². The molecule has 6 heteroatoms. The van der Waals surface area contributed by atoms with Gasteiger partial charge in [0.25, 0.3) is 0 Å². The van der Waals surface area contributed by atoms with E-state index in [9.17, 15) is 9.90 Å². The number of carbonyl (C=O) groups is 1. The number of nitrogens with one attached hydrogen (secondary N) is 1. The van der Waals surface area contributed by atoms with Gasteiger partial charge >= 0.3 is 5.97 Å². The lowest BCUT2D eigenvalue weighted by Gasteiger charge is -2.05. The van der Waals surface area contributed by atoms with Crippen LogP contribution < -0.4 is 10.5 Å². The third-order valence-corrected chi connectivity index (χ3v) is 3.98. The third-order valence-electron chi connectivity index (χ3n) is 3.98. The summed E-state index contributed by atoms with van der Waals surface area (Å²) in [5.41, 5.74) is 9.81. The molecule has 128 valence electrons. The second-order valence-corrected chi connectivity index (χ2v) is 5.58. The molecule has 3 rings (SSSR count). The number of carboxylic acids is 1. The number of rotatable bonds is 6. The summed E-state index contributed by atoms with van der Waals surface area (Å²) in [4.78, 5) is 19.0. The van der Waals surface area contributed by atoms with Crippen molar-refractivity contribution < 1.29 is 14.6 Å². The van der Waals surface area contributed by atoms with Crippen LogP contribution in [-0.2, 0) is 6.42 Å². The fourth-order valence-electron chi connectivity index (χ4n) is 2.70. The van der Waals surface area contributed by atoms with Gasteiger partial charge in [-0.15, -0.1) is 0 Å². The summed E-state index contributed by atoms with van der Waals surface area (Å²) < 4.78 is 5.17. The van der Waals surface area contributed by atoms with Gasteiger partial charge in [0, 0.05) is 35.1 Å². The summed E-state index contributed by atoms with van der Waals surface area (Å²) in [6.07, 6.45) is 2.19. The minimum atomic E-state index is -0.963. The number of hydrogen-bond donors (Lipinski definition) is 3. The molecule has 1 aromatic carbocycles. The Bertz CT molecular complexity index is 885. The van der Waals surface area contributed by atoms with Crippen LogP contribution in [0, 0.1) is 0 Å². The summed E-state index contributed by atoms with van der Waals surface area (Å²) >= 11 is 0. The Kier molecular flexibility index (Phi) is 4.81. The molecule has 0 aliphatic heterocycles. The maximum absolute atomic E-state index is 11.4. The molecular weight excluding hydrogens is 318 g/mol. The highest BCUT2D eigenvalue weighted by Gasteiger charge is 2.15. The zero-order valence-electron chi connectivity index (χ0n) is 13.8. The molecule has 25 heavy (non-hydrogen) atoms. The van der Waals surface area contributed by atoms with E-state index < -0.39 is 5.97 Å². The molecule has 0 unspecified atom stereocenters. The van der Waals surface area contributed by atoms with Crippen molar-refractivity contribution in [2.45, 2.75) is 6.42 Å². The number of pyridine rings is 1. The SMILES string of the molecule is COc1ccc(-c2cc(-c3cc(C(=O)O)c(CCN)[nH]3)ccn2)cc1. The molecule has 0 bridgehead atoms. The second-order valence-electron chi connectivity index (χ2n) is 5.58. The second kappa shape index (κ2) is 7.19. The van der Waals surface area contributed by atoms with E-state index in [2.05, 4.69) is 9.97 Å². The van der Waals surface area contributed by atoms with E-state index in [-0.39, 0.29) is 5.56 Å². The Hall–Kier alpha value is -3.12. The van der Waals surface area contributed by atoms with E-state index in [1.807, 2.05) is 36.4 Å². The van der Waals surface area contributed by atoms with E-state index in [1.54, 1.807) is 19.4 Å². The quantitative estimate of drug-likeness (QED) is 0.642. The monoisotopic (exact) mass is 337 g/mol. The zero-order valence-corrected chi connectivity index (χ0v) is 13.8. The van der Waals surface area contributed by atoms with Gasteiger partial charge in [0.05, 0.1) is 18.4 Å². The normalized spacial score (nSPS) is 10.6. The Morgan fingerprint density at radius 1 is 1.20 bits per heavy atom. The summed E-state index contributed by atoms with van der Waals surface area (Å²) in [6.45, 7) is 0.383. The lowest BCUT2D eigenvalue weighted by molar-refractivity contribution is 0.0696. The average Bonchev–Trinajstić information content (AvgIpc) is 3.07. The Morgan fingerprint density at radius 3 is 2.60 bits per heavy atom. The standard InChI is InChI=1S/C19H19N3O3/c1-25-14-4-2-12(3-5-14)17-10-13(7-9-21-17)18-11-15(19(23)24)16(22-18)6-8-20/h2-5,7,9-11,22H,6,8,20H2,1H3,(H,23,24). The van der Waals surface area contributed by atoms with Crippen LogP contribution in [-0.4, -0.2) is 34.7 Å². The van der Waals surface area contributed by atoms with Crippen LogP contribution >= 0.6 is 0 Å². The van der Waals surface area contributed by atoms with Crippen LogP contribution in [0.4, 0.5) is 0 Å². The molecule has 0 fully saturated rings. The van der Waals surface area contributed by atoms with Gasteiger partial charge in [0.2, 0.25) is 0 Å². The highest BCUT2D eigenvalue weighted by Crippen LogP contribution is 2.27. The van der Waals surface area contributed by atoms with Gasteiger partial charge in [-0.3, -0.25) is 4.98 Å². The first kappa shape index (κ1) is 16.7. The molecule has 0 aliphatic rings. The lowest BCUT2D eigenvalue weighted by Crippen LogP contribution is -2.07. The Balaban J connectivity index is 1.98. The number of nitrogens with zero attached hydrogens (tertiary/aromatic N) is 1. The van der Waals surface area contributed by atoms with Crippen molar-refractivity contribution in [3.63, 3.8) is 0 Å². The first-order chi connectivity index (χ1) is 12.1.